The molecule has 1 atom stereocenters. The molecule has 0 saturated carbocycles. The molecule has 2 aromatic rings. The van der Waals surface area contributed by atoms with Gasteiger partial charge in [0, 0.05) is 18.7 Å². The Labute approximate surface area is 101 Å². The van der Waals surface area contributed by atoms with Crippen LogP contribution in [-0.2, 0) is 6.42 Å². The van der Waals surface area contributed by atoms with E-state index < -0.39 is 0 Å². The SMILES string of the molecule is CN1CCCCC1Cc1nc2ncccc2[nH]1. The average molecular weight is 230 g/mol. The number of nitrogens with one attached hydrogen (secondary N) is 1. The van der Waals surface area contributed by atoms with Crippen LogP contribution in [0, 0.1) is 0 Å². The topological polar surface area (TPSA) is 44.8 Å². The lowest BCUT2D eigenvalue weighted by atomic mass is 10.00. The zero-order valence-corrected chi connectivity index (χ0v) is 10.2. The molecule has 17 heavy (non-hydrogen) atoms. The van der Waals surface area contributed by atoms with Crippen molar-refractivity contribution in [1.29, 1.82) is 0 Å². The Balaban J connectivity index is 1.79. The molecule has 1 N–H and O–H groups in total. The summed E-state index contributed by atoms with van der Waals surface area (Å²) in [5.41, 5.74) is 1.88. The van der Waals surface area contributed by atoms with Crippen LogP contribution in [0.15, 0.2) is 18.3 Å². The van der Waals surface area contributed by atoms with Crippen molar-refractivity contribution >= 4 is 11.2 Å². The van der Waals surface area contributed by atoms with E-state index in [2.05, 4.69) is 26.9 Å². The monoisotopic (exact) mass is 230 g/mol. The van der Waals surface area contributed by atoms with Crippen LogP contribution in [-0.4, -0.2) is 39.5 Å². The lowest BCUT2D eigenvalue weighted by molar-refractivity contribution is 0.183. The van der Waals surface area contributed by atoms with Crippen molar-refractivity contribution in [3.63, 3.8) is 0 Å². The minimum absolute atomic E-state index is 0.629. The number of hydrogen-bond acceptors (Lipinski definition) is 3. The van der Waals surface area contributed by atoms with Gasteiger partial charge in [-0.25, -0.2) is 9.97 Å². The van der Waals surface area contributed by atoms with Gasteiger partial charge >= 0.3 is 0 Å². The first kappa shape index (κ1) is 10.7. The molecule has 0 aliphatic carbocycles. The number of nitrogens with zero attached hydrogens (tertiary/aromatic N) is 3. The van der Waals surface area contributed by atoms with Gasteiger partial charge in [-0.3, -0.25) is 0 Å². The van der Waals surface area contributed by atoms with Crippen LogP contribution < -0.4 is 0 Å². The first-order valence-electron chi connectivity index (χ1n) is 6.33. The molecule has 1 saturated heterocycles. The summed E-state index contributed by atoms with van der Waals surface area (Å²) in [5.74, 6) is 1.07. The Morgan fingerprint density at radius 3 is 3.24 bits per heavy atom. The highest BCUT2D eigenvalue weighted by Crippen LogP contribution is 2.19. The van der Waals surface area contributed by atoms with Gasteiger partial charge in [0.25, 0.3) is 0 Å². The van der Waals surface area contributed by atoms with E-state index >= 15 is 0 Å². The summed E-state index contributed by atoms with van der Waals surface area (Å²) in [6.45, 7) is 1.21. The maximum absolute atomic E-state index is 4.55. The number of rotatable bonds is 2. The fraction of sp³-hybridized carbons (Fsp3) is 0.538. The molecule has 90 valence electrons. The minimum Gasteiger partial charge on any atom is -0.341 e. The van der Waals surface area contributed by atoms with Gasteiger partial charge < -0.3 is 9.88 Å². The van der Waals surface area contributed by atoms with Crippen molar-refractivity contribution in [3.05, 3.63) is 24.2 Å². The summed E-state index contributed by atoms with van der Waals surface area (Å²) in [7, 11) is 2.21. The summed E-state index contributed by atoms with van der Waals surface area (Å²) in [6.07, 6.45) is 6.75. The van der Waals surface area contributed by atoms with E-state index in [9.17, 15) is 0 Å². The first-order valence-corrected chi connectivity index (χ1v) is 6.33. The van der Waals surface area contributed by atoms with Crippen molar-refractivity contribution < 1.29 is 0 Å². The van der Waals surface area contributed by atoms with Gasteiger partial charge in [-0.1, -0.05) is 6.42 Å². The van der Waals surface area contributed by atoms with Crippen molar-refractivity contribution in [1.82, 2.24) is 19.9 Å². The predicted octanol–water partition coefficient (Wildman–Crippen LogP) is 1.98. The van der Waals surface area contributed by atoms with Crippen LogP contribution in [0.1, 0.15) is 25.1 Å². The number of H-pyrrole nitrogens is 1. The molecule has 3 rings (SSSR count). The van der Waals surface area contributed by atoms with E-state index in [0.29, 0.717) is 6.04 Å². The summed E-state index contributed by atoms with van der Waals surface area (Å²) in [5, 5.41) is 0. The van der Waals surface area contributed by atoms with Gasteiger partial charge in [0.15, 0.2) is 5.65 Å². The zero-order chi connectivity index (χ0) is 11.7. The fourth-order valence-corrected chi connectivity index (χ4v) is 2.62. The van der Waals surface area contributed by atoms with E-state index in [-0.39, 0.29) is 0 Å². The third-order valence-corrected chi connectivity index (χ3v) is 3.66. The third kappa shape index (κ3) is 2.17. The average Bonchev–Trinajstić information content (AvgIpc) is 2.74. The van der Waals surface area contributed by atoms with Crippen LogP contribution in [0.4, 0.5) is 0 Å². The van der Waals surface area contributed by atoms with Gasteiger partial charge in [-0.05, 0) is 38.6 Å². The van der Waals surface area contributed by atoms with Crippen LogP contribution in [0.5, 0.6) is 0 Å². The summed E-state index contributed by atoms with van der Waals surface area (Å²) < 4.78 is 0. The Hall–Kier alpha value is -1.42. The smallest absolute Gasteiger partial charge is 0.177 e. The van der Waals surface area contributed by atoms with Crippen molar-refractivity contribution in [2.45, 2.75) is 31.7 Å². The largest absolute Gasteiger partial charge is 0.341 e. The molecule has 4 nitrogen and oxygen atoms in total. The second kappa shape index (κ2) is 4.45. The van der Waals surface area contributed by atoms with Gasteiger partial charge in [0.2, 0.25) is 0 Å². The number of likely N-dealkylation sites (N-methyl/N-ethyl adjacent to an activating group) is 1. The number of aromatic amines is 1. The molecule has 1 aliphatic rings. The Kier molecular flexibility index (Phi) is 2.81. The number of aromatic nitrogens is 3. The van der Waals surface area contributed by atoms with Crippen LogP contribution in [0.25, 0.3) is 11.2 Å². The molecule has 0 bridgehead atoms. The van der Waals surface area contributed by atoms with E-state index in [1.807, 2.05) is 12.1 Å². The number of pyridine rings is 1. The molecular weight excluding hydrogens is 212 g/mol. The van der Waals surface area contributed by atoms with E-state index in [4.69, 9.17) is 0 Å². The van der Waals surface area contributed by atoms with E-state index in [1.54, 1.807) is 6.20 Å². The quantitative estimate of drug-likeness (QED) is 0.858. The van der Waals surface area contributed by atoms with Gasteiger partial charge in [0.1, 0.15) is 5.82 Å². The second-order valence-corrected chi connectivity index (χ2v) is 4.89. The number of hydrogen-bond donors (Lipinski definition) is 1. The Morgan fingerprint density at radius 1 is 1.47 bits per heavy atom. The lowest BCUT2D eigenvalue weighted by Gasteiger charge is -2.31. The van der Waals surface area contributed by atoms with Crippen LogP contribution in [0.3, 0.4) is 0 Å². The Bertz CT molecular complexity index is 472. The van der Waals surface area contributed by atoms with Gasteiger partial charge in [0.05, 0.1) is 5.52 Å². The highest BCUT2D eigenvalue weighted by molar-refractivity contribution is 5.69. The normalized spacial score (nSPS) is 22.1. The molecule has 4 heteroatoms. The molecule has 1 unspecified atom stereocenters. The van der Waals surface area contributed by atoms with Crippen LogP contribution >= 0.6 is 0 Å². The maximum Gasteiger partial charge on any atom is 0.177 e. The number of likely N-dealkylation sites (tertiary alicyclic amines) is 1. The lowest BCUT2D eigenvalue weighted by Crippen LogP contribution is -2.37. The minimum atomic E-state index is 0.629. The third-order valence-electron chi connectivity index (χ3n) is 3.66. The summed E-state index contributed by atoms with van der Waals surface area (Å²) >= 11 is 0. The van der Waals surface area contributed by atoms with E-state index in [1.165, 1.54) is 25.8 Å². The summed E-state index contributed by atoms with van der Waals surface area (Å²) in [4.78, 5) is 14.6. The molecule has 1 fully saturated rings. The van der Waals surface area contributed by atoms with Gasteiger partial charge in [-0.2, -0.15) is 0 Å². The van der Waals surface area contributed by atoms with Crippen molar-refractivity contribution in [2.24, 2.45) is 0 Å². The first-order chi connectivity index (χ1) is 8.33. The van der Waals surface area contributed by atoms with Crippen molar-refractivity contribution in [3.8, 4) is 0 Å². The molecule has 3 heterocycles. The summed E-state index contributed by atoms with van der Waals surface area (Å²) in [6, 6.07) is 4.60. The standard InChI is InChI=1S/C13H18N4/c1-17-8-3-2-5-10(17)9-12-15-11-6-4-7-14-13(11)16-12/h4,6-7,10H,2-3,5,8-9H2,1H3,(H,14,15,16). The van der Waals surface area contributed by atoms with Crippen LogP contribution in [0.2, 0.25) is 0 Å². The molecule has 0 amide bonds. The molecule has 0 radical (unpaired) electrons. The second-order valence-electron chi connectivity index (χ2n) is 4.89. The molecule has 0 spiro atoms. The Morgan fingerprint density at radius 2 is 2.41 bits per heavy atom. The van der Waals surface area contributed by atoms with E-state index in [0.717, 1.165) is 23.4 Å². The van der Waals surface area contributed by atoms with Gasteiger partial charge in [-0.15, -0.1) is 0 Å². The maximum atomic E-state index is 4.55. The number of imidazole rings is 1. The molecule has 0 aromatic carbocycles. The number of fused-ring (bicyclic) bond motifs is 1. The highest BCUT2D eigenvalue weighted by atomic mass is 15.1. The highest BCUT2D eigenvalue weighted by Gasteiger charge is 2.20. The zero-order valence-electron chi connectivity index (χ0n) is 10.2. The molecule has 1 aliphatic heterocycles. The van der Waals surface area contributed by atoms with Crippen molar-refractivity contribution in [2.75, 3.05) is 13.6 Å². The predicted molar refractivity (Wildman–Crippen MR) is 67.9 cm³/mol. The molecule has 2 aromatic heterocycles. The fourth-order valence-electron chi connectivity index (χ4n) is 2.62. The number of piperidine rings is 1. The molecular formula is C13H18N4.